The van der Waals surface area contributed by atoms with Crippen molar-refractivity contribution in [3.8, 4) is 0 Å². The summed E-state index contributed by atoms with van der Waals surface area (Å²) < 4.78 is 1.18. The van der Waals surface area contributed by atoms with E-state index in [9.17, 15) is 0 Å². The van der Waals surface area contributed by atoms with Crippen LogP contribution in [0.4, 0.5) is 0 Å². The topological polar surface area (TPSA) is 12.0 Å². The first-order chi connectivity index (χ1) is 7.22. The number of hydrogen-bond donors (Lipinski definition) is 1. The molecule has 2 rings (SSSR count). The van der Waals surface area contributed by atoms with Gasteiger partial charge in [-0.15, -0.1) is 0 Å². The highest BCUT2D eigenvalue weighted by atomic mass is 79.9. The van der Waals surface area contributed by atoms with Gasteiger partial charge in [-0.1, -0.05) is 28.1 Å². The van der Waals surface area contributed by atoms with Gasteiger partial charge < -0.3 is 5.32 Å². The number of rotatable bonds is 2. The maximum Gasteiger partial charge on any atom is 0.0291 e. The normalized spacial score (nSPS) is 16.9. The van der Waals surface area contributed by atoms with Crippen LogP contribution >= 0.6 is 15.9 Å². The van der Waals surface area contributed by atoms with Crippen LogP contribution in [0, 0.1) is 0 Å². The summed E-state index contributed by atoms with van der Waals surface area (Å²) in [6, 6.07) is 7.02. The van der Waals surface area contributed by atoms with Crippen molar-refractivity contribution in [3.05, 3.63) is 39.9 Å². The molecule has 0 fully saturated rings. The largest absolute Gasteiger partial charge is 0.313 e. The fourth-order valence-electron chi connectivity index (χ4n) is 2.11. The van der Waals surface area contributed by atoms with Crippen LogP contribution in [-0.2, 0) is 6.42 Å². The van der Waals surface area contributed by atoms with Crippen molar-refractivity contribution in [2.75, 3.05) is 7.05 Å². The smallest absolute Gasteiger partial charge is 0.0291 e. The third-order valence-corrected chi connectivity index (χ3v) is 3.55. The average molecular weight is 266 g/mol. The van der Waals surface area contributed by atoms with Crippen molar-refractivity contribution in [2.24, 2.45) is 0 Å². The van der Waals surface area contributed by atoms with Crippen LogP contribution in [0.2, 0.25) is 0 Å². The molecule has 0 saturated heterocycles. The number of halogens is 1. The standard InChI is InChI=1S/C13H16BrN/c1-9(15-2)12-5-3-4-10-8-11(14)6-7-13(10)12/h5-9,15H,3-4H2,1-2H3. The van der Waals surface area contributed by atoms with Crippen molar-refractivity contribution in [1.29, 1.82) is 0 Å². The van der Waals surface area contributed by atoms with Crippen molar-refractivity contribution in [3.63, 3.8) is 0 Å². The van der Waals surface area contributed by atoms with Crippen LogP contribution in [-0.4, -0.2) is 13.1 Å². The molecule has 1 unspecified atom stereocenters. The summed E-state index contributed by atoms with van der Waals surface area (Å²) in [6.45, 7) is 2.21. The minimum absolute atomic E-state index is 0.435. The first-order valence-corrected chi connectivity index (χ1v) is 6.18. The van der Waals surface area contributed by atoms with E-state index in [4.69, 9.17) is 0 Å². The first kappa shape index (κ1) is 10.9. The van der Waals surface area contributed by atoms with E-state index in [0.29, 0.717) is 6.04 Å². The van der Waals surface area contributed by atoms with Crippen LogP contribution in [0.5, 0.6) is 0 Å². The molecule has 0 aromatic heterocycles. The van der Waals surface area contributed by atoms with Crippen LogP contribution in [0.1, 0.15) is 24.5 Å². The predicted octanol–water partition coefficient (Wildman–Crippen LogP) is 3.39. The Morgan fingerprint density at radius 2 is 2.20 bits per heavy atom. The van der Waals surface area contributed by atoms with Crippen molar-refractivity contribution in [2.45, 2.75) is 25.8 Å². The number of allylic oxidation sites excluding steroid dienone is 1. The van der Waals surface area contributed by atoms with E-state index in [2.05, 4.69) is 52.4 Å². The molecule has 2 heteroatoms. The predicted molar refractivity (Wildman–Crippen MR) is 69.0 cm³/mol. The van der Waals surface area contributed by atoms with E-state index >= 15 is 0 Å². The lowest BCUT2D eigenvalue weighted by Gasteiger charge is -2.22. The van der Waals surface area contributed by atoms with E-state index in [1.54, 1.807) is 0 Å². The third-order valence-electron chi connectivity index (χ3n) is 3.06. The molecular formula is C13H16BrN. The molecule has 0 spiro atoms. The second kappa shape index (κ2) is 4.50. The summed E-state index contributed by atoms with van der Waals surface area (Å²) in [5.41, 5.74) is 4.31. The molecule has 0 heterocycles. The van der Waals surface area contributed by atoms with Crippen molar-refractivity contribution < 1.29 is 0 Å². The lowest BCUT2D eigenvalue weighted by atomic mass is 9.87. The molecule has 0 aliphatic heterocycles. The number of fused-ring (bicyclic) bond motifs is 1. The molecular weight excluding hydrogens is 250 g/mol. The highest BCUT2D eigenvalue weighted by molar-refractivity contribution is 9.10. The third kappa shape index (κ3) is 2.16. The molecule has 0 bridgehead atoms. The number of aryl methyl sites for hydroxylation is 1. The number of nitrogens with one attached hydrogen (secondary N) is 1. The van der Waals surface area contributed by atoms with E-state index < -0.39 is 0 Å². The molecule has 0 saturated carbocycles. The first-order valence-electron chi connectivity index (χ1n) is 5.38. The Labute approximate surface area is 99.7 Å². The van der Waals surface area contributed by atoms with Gasteiger partial charge in [0.1, 0.15) is 0 Å². The van der Waals surface area contributed by atoms with Gasteiger partial charge in [0.25, 0.3) is 0 Å². The zero-order valence-electron chi connectivity index (χ0n) is 9.18. The van der Waals surface area contributed by atoms with Crippen LogP contribution in [0.25, 0.3) is 5.57 Å². The molecule has 1 atom stereocenters. The summed E-state index contributed by atoms with van der Waals surface area (Å²) in [5, 5.41) is 3.31. The molecule has 1 aromatic carbocycles. The Morgan fingerprint density at radius 1 is 1.40 bits per heavy atom. The summed E-state index contributed by atoms with van der Waals surface area (Å²) >= 11 is 3.53. The van der Waals surface area contributed by atoms with E-state index in [0.717, 1.165) is 12.8 Å². The quantitative estimate of drug-likeness (QED) is 0.865. The lowest BCUT2D eigenvalue weighted by molar-refractivity contribution is 0.736. The highest BCUT2D eigenvalue weighted by Gasteiger charge is 2.16. The fourth-order valence-corrected chi connectivity index (χ4v) is 2.52. The van der Waals surface area contributed by atoms with Gasteiger partial charge in [-0.25, -0.2) is 0 Å². The summed E-state index contributed by atoms with van der Waals surface area (Å²) in [6.07, 6.45) is 4.68. The van der Waals surface area contributed by atoms with Gasteiger partial charge in [-0.2, -0.15) is 0 Å². The molecule has 1 aromatic rings. The van der Waals surface area contributed by atoms with E-state index in [1.165, 1.54) is 21.2 Å². The van der Waals surface area contributed by atoms with Crippen LogP contribution < -0.4 is 5.32 Å². The molecule has 80 valence electrons. The molecule has 15 heavy (non-hydrogen) atoms. The Hall–Kier alpha value is -0.600. The number of hydrogen-bond acceptors (Lipinski definition) is 1. The molecule has 0 amide bonds. The SMILES string of the molecule is CNC(C)C1=CCCc2cc(Br)ccc21. The van der Waals surface area contributed by atoms with E-state index in [1.807, 2.05) is 7.05 Å². The molecule has 0 radical (unpaired) electrons. The zero-order chi connectivity index (χ0) is 10.8. The summed E-state index contributed by atoms with van der Waals surface area (Å²) in [5.74, 6) is 0. The molecule has 1 aliphatic carbocycles. The summed E-state index contributed by atoms with van der Waals surface area (Å²) in [7, 11) is 2.01. The lowest BCUT2D eigenvalue weighted by Crippen LogP contribution is -2.24. The Kier molecular flexibility index (Phi) is 3.27. The molecule has 1 aliphatic rings. The van der Waals surface area contributed by atoms with Gasteiger partial charge in [0.2, 0.25) is 0 Å². The van der Waals surface area contributed by atoms with Crippen LogP contribution in [0.15, 0.2) is 28.7 Å². The van der Waals surface area contributed by atoms with Crippen molar-refractivity contribution in [1.82, 2.24) is 5.32 Å². The van der Waals surface area contributed by atoms with Gasteiger partial charge in [0, 0.05) is 10.5 Å². The van der Waals surface area contributed by atoms with Gasteiger partial charge >= 0.3 is 0 Å². The van der Waals surface area contributed by atoms with Crippen molar-refractivity contribution >= 4 is 21.5 Å². The maximum absolute atomic E-state index is 3.53. The highest BCUT2D eigenvalue weighted by Crippen LogP contribution is 2.30. The van der Waals surface area contributed by atoms with E-state index in [-0.39, 0.29) is 0 Å². The van der Waals surface area contributed by atoms with Crippen LogP contribution in [0.3, 0.4) is 0 Å². The number of likely N-dealkylation sites (N-methyl/N-ethyl adjacent to an activating group) is 1. The average Bonchev–Trinajstić information content (AvgIpc) is 2.26. The second-order valence-corrected chi connectivity index (χ2v) is 4.93. The maximum atomic E-state index is 3.53. The van der Waals surface area contributed by atoms with Gasteiger partial charge in [0.05, 0.1) is 0 Å². The molecule has 1 nitrogen and oxygen atoms in total. The second-order valence-electron chi connectivity index (χ2n) is 4.01. The minimum atomic E-state index is 0.435. The Bertz CT molecular complexity index is 396. The molecule has 1 N–H and O–H groups in total. The fraction of sp³-hybridized carbons (Fsp3) is 0.385. The van der Waals surface area contributed by atoms with Gasteiger partial charge in [0.15, 0.2) is 0 Å². The Morgan fingerprint density at radius 3 is 2.93 bits per heavy atom. The monoisotopic (exact) mass is 265 g/mol. The zero-order valence-corrected chi connectivity index (χ0v) is 10.8. The van der Waals surface area contributed by atoms with Gasteiger partial charge in [-0.05, 0) is 55.6 Å². The van der Waals surface area contributed by atoms with Gasteiger partial charge in [-0.3, -0.25) is 0 Å². The Balaban J connectivity index is 2.42. The summed E-state index contributed by atoms with van der Waals surface area (Å²) in [4.78, 5) is 0. The number of benzene rings is 1. The minimum Gasteiger partial charge on any atom is -0.313 e.